The molecule has 1 aliphatic carbocycles. The molecule has 2 aromatic carbocycles. The van der Waals surface area contributed by atoms with Crippen molar-refractivity contribution in [2.45, 2.75) is 46.5 Å². The van der Waals surface area contributed by atoms with Gasteiger partial charge in [0.15, 0.2) is 0 Å². The molecule has 5 heteroatoms. The number of phenolic OH excluding ortho intramolecular Hbond substituents is 2. The maximum absolute atomic E-state index is 12.1. The van der Waals surface area contributed by atoms with Gasteiger partial charge in [0.25, 0.3) is 5.70 Å². The molecule has 0 saturated carbocycles. The predicted octanol–water partition coefficient (Wildman–Crippen LogP) is 5.13. The molecule has 0 bridgehead atoms. The summed E-state index contributed by atoms with van der Waals surface area (Å²) >= 11 is 0. The molecular formula is C23H25NO4. The SMILES string of the molecule is CC1=CC=C([N+](=O)[O-])C(c2cc(C)c(O)c(C)c2)(c2cc(C)c(O)c(C)c2)C1. The van der Waals surface area contributed by atoms with E-state index in [4.69, 9.17) is 0 Å². The number of aryl methyl sites for hydroxylation is 4. The zero-order valence-electron chi connectivity index (χ0n) is 16.8. The maximum Gasteiger partial charge on any atom is 0.261 e. The number of rotatable bonds is 3. The quantitative estimate of drug-likeness (QED) is 0.572. The van der Waals surface area contributed by atoms with Gasteiger partial charge in [-0.25, -0.2) is 0 Å². The van der Waals surface area contributed by atoms with Crippen LogP contribution in [0.1, 0.15) is 46.7 Å². The van der Waals surface area contributed by atoms with Crippen molar-refractivity contribution in [3.05, 3.63) is 91.2 Å². The minimum atomic E-state index is -1.01. The van der Waals surface area contributed by atoms with E-state index in [1.165, 1.54) is 0 Å². The van der Waals surface area contributed by atoms with Crippen LogP contribution in [0.3, 0.4) is 0 Å². The van der Waals surface area contributed by atoms with Gasteiger partial charge in [0, 0.05) is 6.08 Å². The van der Waals surface area contributed by atoms with Crippen molar-refractivity contribution < 1.29 is 15.1 Å². The minimum absolute atomic E-state index is 0.0899. The first-order chi connectivity index (χ1) is 13.1. The van der Waals surface area contributed by atoms with Crippen molar-refractivity contribution in [3.63, 3.8) is 0 Å². The third-order valence-electron chi connectivity index (χ3n) is 5.67. The topological polar surface area (TPSA) is 83.6 Å². The summed E-state index contributed by atoms with van der Waals surface area (Å²) in [4.78, 5) is 11.8. The lowest BCUT2D eigenvalue weighted by Crippen LogP contribution is -2.36. The van der Waals surface area contributed by atoms with Crippen molar-refractivity contribution in [2.24, 2.45) is 0 Å². The van der Waals surface area contributed by atoms with Gasteiger partial charge >= 0.3 is 0 Å². The van der Waals surface area contributed by atoms with E-state index in [9.17, 15) is 20.3 Å². The lowest BCUT2D eigenvalue weighted by atomic mass is 9.65. The molecule has 0 radical (unpaired) electrons. The van der Waals surface area contributed by atoms with Crippen LogP contribution in [-0.2, 0) is 5.41 Å². The highest BCUT2D eigenvalue weighted by molar-refractivity contribution is 5.58. The third kappa shape index (κ3) is 2.97. The standard InChI is InChI=1S/C23H25NO4/c1-13-6-7-20(24(27)28)23(12-13,18-8-14(2)21(25)15(3)9-18)19-10-16(4)22(26)17(5)11-19/h6-11,25-26H,12H2,1-5H3. The lowest BCUT2D eigenvalue weighted by molar-refractivity contribution is -0.434. The molecule has 5 nitrogen and oxygen atoms in total. The Morgan fingerprint density at radius 3 is 1.57 bits per heavy atom. The molecule has 0 heterocycles. The normalized spacial score (nSPS) is 15.8. The summed E-state index contributed by atoms with van der Waals surface area (Å²) in [6.45, 7) is 9.16. The Hall–Kier alpha value is -3.08. The van der Waals surface area contributed by atoms with E-state index in [-0.39, 0.29) is 22.1 Å². The smallest absolute Gasteiger partial charge is 0.261 e. The average Bonchev–Trinajstić information content (AvgIpc) is 2.62. The Labute approximate surface area is 164 Å². The fraction of sp³-hybridized carbons (Fsp3) is 0.304. The van der Waals surface area contributed by atoms with E-state index in [0.29, 0.717) is 28.7 Å². The molecule has 0 amide bonds. The number of nitrogens with zero attached hydrogens (tertiary/aromatic N) is 1. The molecule has 146 valence electrons. The van der Waals surface area contributed by atoms with Crippen LogP contribution in [-0.4, -0.2) is 15.1 Å². The second-order valence-electron chi connectivity index (χ2n) is 7.82. The Balaban J connectivity index is 2.44. The van der Waals surface area contributed by atoms with Gasteiger partial charge < -0.3 is 10.2 Å². The molecular weight excluding hydrogens is 354 g/mol. The van der Waals surface area contributed by atoms with Gasteiger partial charge in [-0.05, 0) is 74.4 Å². The van der Waals surface area contributed by atoms with Crippen LogP contribution in [0, 0.1) is 37.8 Å². The van der Waals surface area contributed by atoms with Crippen LogP contribution >= 0.6 is 0 Å². The second-order valence-corrected chi connectivity index (χ2v) is 7.82. The van der Waals surface area contributed by atoms with E-state index >= 15 is 0 Å². The molecule has 0 spiro atoms. The van der Waals surface area contributed by atoms with Crippen molar-refractivity contribution in [2.75, 3.05) is 0 Å². The number of nitro groups is 1. The van der Waals surface area contributed by atoms with Crippen LogP contribution in [0.4, 0.5) is 0 Å². The number of allylic oxidation sites excluding steroid dienone is 4. The van der Waals surface area contributed by atoms with Gasteiger partial charge in [0.2, 0.25) is 0 Å². The van der Waals surface area contributed by atoms with Crippen LogP contribution < -0.4 is 0 Å². The van der Waals surface area contributed by atoms with E-state index in [1.54, 1.807) is 39.8 Å². The van der Waals surface area contributed by atoms with Gasteiger partial charge in [0.05, 0.1) is 4.92 Å². The van der Waals surface area contributed by atoms with Crippen LogP contribution in [0.15, 0.2) is 47.7 Å². The molecule has 1 aliphatic rings. The zero-order chi connectivity index (χ0) is 20.8. The molecule has 0 aliphatic heterocycles. The maximum atomic E-state index is 12.1. The lowest BCUT2D eigenvalue weighted by Gasteiger charge is -2.35. The molecule has 0 saturated heterocycles. The highest BCUT2D eigenvalue weighted by Crippen LogP contribution is 2.49. The van der Waals surface area contributed by atoms with Gasteiger partial charge in [-0.2, -0.15) is 0 Å². The van der Waals surface area contributed by atoms with E-state index in [1.807, 2.05) is 31.2 Å². The molecule has 0 unspecified atom stereocenters. The minimum Gasteiger partial charge on any atom is -0.507 e. The summed E-state index contributed by atoms with van der Waals surface area (Å²) < 4.78 is 0. The number of phenols is 2. The first-order valence-electron chi connectivity index (χ1n) is 9.21. The Kier molecular flexibility index (Phi) is 4.79. The van der Waals surface area contributed by atoms with Crippen molar-refractivity contribution in [3.8, 4) is 11.5 Å². The highest BCUT2D eigenvalue weighted by atomic mass is 16.6. The molecule has 0 fully saturated rings. The number of aromatic hydroxyl groups is 2. The third-order valence-corrected chi connectivity index (χ3v) is 5.67. The molecule has 2 aromatic rings. The first kappa shape index (κ1) is 19.7. The summed E-state index contributed by atoms with van der Waals surface area (Å²) in [7, 11) is 0. The summed E-state index contributed by atoms with van der Waals surface area (Å²) in [6, 6.07) is 7.32. The summed E-state index contributed by atoms with van der Waals surface area (Å²) in [5.41, 5.74) is 4.35. The van der Waals surface area contributed by atoms with Gasteiger partial charge in [0.1, 0.15) is 16.9 Å². The van der Waals surface area contributed by atoms with Gasteiger partial charge in [-0.15, -0.1) is 0 Å². The molecule has 28 heavy (non-hydrogen) atoms. The predicted molar refractivity (Wildman–Crippen MR) is 109 cm³/mol. The second kappa shape index (κ2) is 6.82. The zero-order valence-corrected chi connectivity index (χ0v) is 16.8. The Bertz CT molecular complexity index is 943. The fourth-order valence-corrected chi connectivity index (χ4v) is 4.22. The summed E-state index contributed by atoms with van der Waals surface area (Å²) in [5, 5.41) is 32.6. The molecule has 0 atom stereocenters. The van der Waals surface area contributed by atoms with Gasteiger partial charge in [-0.1, -0.05) is 35.9 Å². The van der Waals surface area contributed by atoms with Crippen molar-refractivity contribution >= 4 is 0 Å². The molecule has 2 N–H and O–H groups in total. The Morgan fingerprint density at radius 2 is 1.21 bits per heavy atom. The highest BCUT2D eigenvalue weighted by Gasteiger charge is 2.47. The number of hydrogen-bond donors (Lipinski definition) is 2. The fourth-order valence-electron chi connectivity index (χ4n) is 4.22. The van der Waals surface area contributed by atoms with Crippen molar-refractivity contribution in [1.29, 1.82) is 0 Å². The van der Waals surface area contributed by atoms with E-state index in [2.05, 4.69) is 0 Å². The monoisotopic (exact) mass is 379 g/mol. The summed E-state index contributed by atoms with van der Waals surface area (Å²) in [6.07, 6.45) is 3.82. The van der Waals surface area contributed by atoms with Gasteiger partial charge in [-0.3, -0.25) is 10.1 Å². The average molecular weight is 379 g/mol. The summed E-state index contributed by atoms with van der Waals surface area (Å²) in [5.74, 6) is 0.401. The molecule has 3 rings (SSSR count). The van der Waals surface area contributed by atoms with Crippen molar-refractivity contribution in [1.82, 2.24) is 0 Å². The Morgan fingerprint density at radius 1 is 0.821 bits per heavy atom. The first-order valence-corrected chi connectivity index (χ1v) is 9.21. The molecule has 0 aromatic heterocycles. The van der Waals surface area contributed by atoms with E-state index < -0.39 is 5.41 Å². The number of benzene rings is 2. The largest absolute Gasteiger partial charge is 0.507 e. The van der Waals surface area contributed by atoms with E-state index in [0.717, 1.165) is 16.7 Å². The number of hydrogen-bond acceptors (Lipinski definition) is 4. The van der Waals surface area contributed by atoms with Crippen LogP contribution in [0.2, 0.25) is 0 Å². The van der Waals surface area contributed by atoms with Crippen LogP contribution in [0.25, 0.3) is 0 Å². The van der Waals surface area contributed by atoms with Crippen LogP contribution in [0.5, 0.6) is 11.5 Å².